The molecule has 0 aromatic rings. The number of unbranched alkanes of at least 4 members (excludes halogenated alkanes) is 3. The summed E-state index contributed by atoms with van der Waals surface area (Å²) in [4.78, 5) is 0. The van der Waals surface area contributed by atoms with Crippen LogP contribution in [0.15, 0.2) is 20.6 Å². The van der Waals surface area contributed by atoms with Gasteiger partial charge in [-0.2, -0.15) is 0 Å². The van der Waals surface area contributed by atoms with Crippen LogP contribution in [0.25, 0.3) is 5.32 Å². The Morgan fingerprint density at radius 3 is 1.08 bits per heavy atom. The molecule has 0 spiro atoms. The average Bonchev–Trinajstić information content (AvgIpc) is 2.92. The molecule has 4 N–H and O–H groups in total. The number of rotatable bonds is 11. The van der Waals surface area contributed by atoms with Gasteiger partial charge in [-0.3, -0.25) is 0 Å². The van der Waals surface area contributed by atoms with Gasteiger partial charge in [0, 0.05) is 24.7 Å². The quantitative estimate of drug-likeness (QED) is 0.0841. The fraction of sp³-hybridized carbons (Fsp3) is 0.846. The SMILES string of the molecule is CC(=N\O)/C(C)=N/O.CC(=N\O)/C(C)=N/O.CC1CC[N-]CC1.CCCC[PH+](CCCC)CCCC.[Co]. The Hall–Kier alpha value is -1.22. The smallest absolute Gasteiger partial charge is 0.101 e. The van der Waals surface area contributed by atoms with Gasteiger partial charge in [-0.15, -0.1) is 13.1 Å². The Bertz CT molecular complexity index is 531. The molecule has 0 bridgehead atoms. The van der Waals surface area contributed by atoms with Gasteiger partial charge >= 0.3 is 0 Å². The molecule has 223 valence electrons. The monoisotopic (exact) mass is 592 g/mol. The van der Waals surface area contributed by atoms with Crippen LogP contribution in [0, 0.1) is 5.92 Å². The first-order chi connectivity index (χ1) is 17.2. The zero-order chi connectivity index (χ0) is 28.2. The molecule has 1 saturated heterocycles. The zero-order valence-electron chi connectivity index (χ0n) is 24.6. The molecule has 1 radical (unpaired) electrons. The van der Waals surface area contributed by atoms with E-state index < -0.39 is 0 Å². The van der Waals surface area contributed by atoms with Gasteiger partial charge in [0.15, 0.2) is 0 Å². The van der Waals surface area contributed by atoms with Crippen LogP contribution in [-0.4, -0.2) is 75.3 Å². The van der Waals surface area contributed by atoms with Crippen LogP contribution < -0.4 is 0 Å². The number of nitrogens with zero attached hydrogens (tertiary/aromatic N) is 5. The van der Waals surface area contributed by atoms with Crippen LogP contribution in [0.2, 0.25) is 0 Å². The van der Waals surface area contributed by atoms with Crippen LogP contribution in [0.4, 0.5) is 0 Å². The van der Waals surface area contributed by atoms with E-state index in [1.165, 1.54) is 79.1 Å². The van der Waals surface area contributed by atoms with Crippen molar-refractivity contribution < 1.29 is 37.6 Å². The number of hydrogen-bond acceptors (Lipinski definition) is 8. The number of hydrogen-bond donors (Lipinski definition) is 4. The molecule has 11 heteroatoms. The molecule has 0 aromatic carbocycles. The van der Waals surface area contributed by atoms with Crippen LogP contribution >= 0.6 is 7.92 Å². The fourth-order valence-electron chi connectivity index (χ4n) is 2.82. The summed E-state index contributed by atoms with van der Waals surface area (Å²) in [6.07, 6.45) is 16.0. The topological polar surface area (TPSA) is 144 Å². The second kappa shape index (κ2) is 32.8. The molecule has 0 aliphatic carbocycles. The minimum atomic E-state index is 0. The van der Waals surface area contributed by atoms with Gasteiger partial charge in [-0.05, 0) is 52.9 Å². The van der Waals surface area contributed by atoms with Crippen LogP contribution in [0.5, 0.6) is 0 Å². The van der Waals surface area contributed by atoms with Crippen LogP contribution in [0.1, 0.15) is 107 Å². The predicted octanol–water partition coefficient (Wildman–Crippen LogP) is 7.76. The molecule has 1 fully saturated rings. The van der Waals surface area contributed by atoms with Gasteiger partial charge in [0.25, 0.3) is 0 Å². The predicted molar refractivity (Wildman–Crippen MR) is 159 cm³/mol. The largest absolute Gasteiger partial charge is 0.662 e. The molecule has 0 amide bonds. The summed E-state index contributed by atoms with van der Waals surface area (Å²) < 4.78 is 0. The van der Waals surface area contributed by atoms with Crippen molar-refractivity contribution in [1.82, 2.24) is 0 Å². The molecular weight excluding hydrogens is 536 g/mol. The summed E-state index contributed by atoms with van der Waals surface area (Å²) >= 11 is 0. The first-order valence-electron chi connectivity index (χ1n) is 13.4. The first-order valence-corrected chi connectivity index (χ1v) is 15.5. The van der Waals surface area contributed by atoms with E-state index in [2.05, 4.69) is 53.6 Å². The third kappa shape index (κ3) is 30.9. The van der Waals surface area contributed by atoms with E-state index in [9.17, 15) is 0 Å². The minimum Gasteiger partial charge on any atom is -0.662 e. The van der Waals surface area contributed by atoms with Gasteiger partial charge in [0.2, 0.25) is 0 Å². The van der Waals surface area contributed by atoms with Crippen molar-refractivity contribution in [1.29, 1.82) is 0 Å². The van der Waals surface area contributed by atoms with Crippen molar-refractivity contribution >= 4 is 30.8 Å². The van der Waals surface area contributed by atoms with E-state index in [4.69, 9.17) is 20.8 Å². The summed E-state index contributed by atoms with van der Waals surface area (Å²) in [6.45, 7) is 17.6. The number of oxime groups is 4. The van der Waals surface area contributed by atoms with E-state index >= 15 is 0 Å². The molecule has 1 aliphatic heterocycles. The first kappa shape index (κ1) is 42.9. The van der Waals surface area contributed by atoms with E-state index in [-0.39, 0.29) is 24.7 Å². The molecule has 0 aromatic heterocycles. The summed E-state index contributed by atoms with van der Waals surface area (Å²) in [7, 11) is 0.0675. The van der Waals surface area contributed by atoms with E-state index in [0.29, 0.717) is 22.8 Å². The molecule has 1 heterocycles. The maximum absolute atomic E-state index is 8.03. The van der Waals surface area contributed by atoms with Crippen LogP contribution in [-0.2, 0) is 16.8 Å². The normalized spacial score (nSPS) is 14.8. The molecule has 1 rings (SSSR count). The van der Waals surface area contributed by atoms with Crippen molar-refractivity contribution in [2.24, 2.45) is 26.5 Å². The summed E-state index contributed by atoms with van der Waals surface area (Å²) in [6, 6.07) is 0. The molecule has 37 heavy (non-hydrogen) atoms. The average molecular weight is 593 g/mol. The van der Waals surface area contributed by atoms with Crippen molar-refractivity contribution in [2.45, 2.75) is 107 Å². The Labute approximate surface area is 238 Å². The second-order valence-electron chi connectivity index (χ2n) is 9.16. The van der Waals surface area contributed by atoms with Gasteiger partial charge in [-0.1, -0.05) is 80.4 Å². The van der Waals surface area contributed by atoms with Gasteiger partial charge in [0.05, 0.1) is 18.5 Å². The van der Waals surface area contributed by atoms with E-state index in [0.717, 1.165) is 19.0 Å². The van der Waals surface area contributed by atoms with Crippen molar-refractivity contribution in [2.75, 3.05) is 31.6 Å². The van der Waals surface area contributed by atoms with E-state index in [1.54, 1.807) is 18.5 Å². The van der Waals surface area contributed by atoms with Crippen molar-refractivity contribution in [3.63, 3.8) is 0 Å². The standard InChI is InChI=1S/C12H27P.C6H12N.2C4H8N2O2.Co/c1-4-7-10-13(11-8-5-2)12-9-6-3;1-6-2-4-7-5-3-6;2*1-3(5-7)4(2)6-8;/h4-12H2,1-3H3;6H,2-5H2,1H3;2*7-8H,1-2H3;/q;-1;;;/p+1/b;;2*5-3+,6-4+;. The maximum atomic E-state index is 8.03. The van der Waals surface area contributed by atoms with Gasteiger partial charge < -0.3 is 26.1 Å². The zero-order valence-corrected chi connectivity index (χ0v) is 26.7. The molecule has 1 aliphatic rings. The molecule has 0 unspecified atom stereocenters. The molecule has 9 nitrogen and oxygen atoms in total. The maximum Gasteiger partial charge on any atom is 0.101 e. The van der Waals surface area contributed by atoms with E-state index in [1.807, 2.05) is 0 Å². The molecular formula is C26H56CoN5O4P. The third-order valence-electron chi connectivity index (χ3n) is 5.86. The Balaban J connectivity index is -0.000000201. The van der Waals surface area contributed by atoms with Crippen LogP contribution in [0.3, 0.4) is 0 Å². The fourth-order valence-corrected chi connectivity index (χ4v) is 6.13. The third-order valence-corrected chi connectivity index (χ3v) is 9.04. The summed E-state index contributed by atoms with van der Waals surface area (Å²) in [5.74, 6) is 0.942. The second-order valence-corrected chi connectivity index (χ2v) is 12.2. The van der Waals surface area contributed by atoms with Gasteiger partial charge in [0.1, 0.15) is 22.8 Å². The summed E-state index contributed by atoms with van der Waals surface area (Å²) in [5.41, 5.74) is 1.25. The van der Waals surface area contributed by atoms with Crippen molar-refractivity contribution in [3.8, 4) is 0 Å². The minimum absolute atomic E-state index is 0. The molecule has 0 atom stereocenters. The Morgan fingerprint density at radius 1 is 0.649 bits per heavy atom. The Kier molecular flexibility index (Phi) is 38.0. The molecule has 0 saturated carbocycles. The number of piperidine rings is 1. The van der Waals surface area contributed by atoms with Gasteiger partial charge in [-0.25, -0.2) is 0 Å². The van der Waals surface area contributed by atoms with Crippen molar-refractivity contribution in [3.05, 3.63) is 5.32 Å². The summed E-state index contributed by atoms with van der Waals surface area (Å²) in [5, 5.41) is 47.5. The Morgan fingerprint density at radius 2 is 0.919 bits per heavy atom.